The lowest BCUT2D eigenvalue weighted by molar-refractivity contribution is -0.119. The van der Waals surface area contributed by atoms with E-state index in [-0.39, 0.29) is 11.9 Å². The molecule has 1 amide bonds. The number of amides is 1. The summed E-state index contributed by atoms with van der Waals surface area (Å²) in [6.45, 7) is 0. The molecule has 0 aliphatic rings. The van der Waals surface area contributed by atoms with Crippen LogP contribution in [0.1, 0.15) is 17.4 Å². The first kappa shape index (κ1) is 19.8. The molecule has 28 heavy (non-hydrogen) atoms. The Bertz CT molecular complexity index is 907. The Labute approximate surface area is 168 Å². The zero-order valence-electron chi connectivity index (χ0n) is 16.1. The van der Waals surface area contributed by atoms with Crippen LogP contribution in [0.4, 0.5) is 0 Å². The molecule has 146 valence electrons. The minimum Gasteiger partial charge on any atom is -0.497 e. The van der Waals surface area contributed by atoms with Gasteiger partial charge in [0.05, 0.1) is 20.0 Å². The Morgan fingerprint density at radius 1 is 1.07 bits per heavy atom. The average Bonchev–Trinajstić information content (AvgIpc) is 3.16. The summed E-state index contributed by atoms with van der Waals surface area (Å²) in [6.07, 6.45) is 3.59. The van der Waals surface area contributed by atoms with Crippen LogP contribution in [0, 0.1) is 0 Å². The zero-order valence-corrected chi connectivity index (χ0v) is 16.9. The van der Waals surface area contributed by atoms with Gasteiger partial charge in [0.1, 0.15) is 23.4 Å². The van der Waals surface area contributed by atoms with E-state index >= 15 is 0 Å². The van der Waals surface area contributed by atoms with Gasteiger partial charge in [-0.2, -0.15) is 0 Å². The number of benzene rings is 2. The highest BCUT2D eigenvalue weighted by molar-refractivity contribution is 8.00. The Morgan fingerprint density at radius 3 is 2.21 bits per heavy atom. The minimum absolute atomic E-state index is 0.0652. The van der Waals surface area contributed by atoms with Gasteiger partial charge in [0, 0.05) is 24.3 Å². The van der Waals surface area contributed by atoms with Gasteiger partial charge in [-0.25, -0.2) is 4.98 Å². The van der Waals surface area contributed by atoms with Gasteiger partial charge >= 0.3 is 0 Å². The van der Waals surface area contributed by atoms with E-state index in [4.69, 9.17) is 9.47 Å². The summed E-state index contributed by atoms with van der Waals surface area (Å²) in [7, 11) is 5.17. The summed E-state index contributed by atoms with van der Waals surface area (Å²) in [4.78, 5) is 18.1. The van der Waals surface area contributed by atoms with Crippen molar-refractivity contribution >= 4 is 17.7 Å². The first-order valence-corrected chi connectivity index (χ1v) is 9.76. The molecule has 7 heteroatoms. The van der Waals surface area contributed by atoms with Crippen molar-refractivity contribution in [3.8, 4) is 11.5 Å². The van der Waals surface area contributed by atoms with E-state index in [1.54, 1.807) is 20.4 Å². The highest BCUT2D eigenvalue weighted by Crippen LogP contribution is 2.24. The molecule has 1 heterocycles. The maximum Gasteiger partial charge on any atom is 0.231 e. The largest absolute Gasteiger partial charge is 0.497 e. The van der Waals surface area contributed by atoms with Crippen LogP contribution in [0.3, 0.4) is 0 Å². The fourth-order valence-corrected chi connectivity index (χ4v) is 3.48. The third-order valence-corrected chi connectivity index (χ3v) is 5.31. The molecule has 0 saturated heterocycles. The molecule has 0 fully saturated rings. The number of aromatic nitrogens is 2. The summed E-state index contributed by atoms with van der Waals surface area (Å²) in [5.41, 5.74) is 0.942. The summed E-state index contributed by atoms with van der Waals surface area (Å²) in [6, 6.07) is 14.9. The Morgan fingerprint density at radius 2 is 1.68 bits per heavy atom. The first-order chi connectivity index (χ1) is 13.6. The molecule has 0 aliphatic carbocycles. The SMILES string of the molecule is COc1ccc(SCC(=O)NC(c2ccc(OC)cc2)c2nccn2C)cc1. The lowest BCUT2D eigenvalue weighted by Crippen LogP contribution is -2.32. The predicted octanol–water partition coefficient (Wildman–Crippen LogP) is 3.44. The first-order valence-electron chi connectivity index (χ1n) is 8.78. The minimum atomic E-state index is -0.338. The second-order valence-electron chi connectivity index (χ2n) is 6.13. The maximum atomic E-state index is 12.6. The molecule has 1 aromatic heterocycles. The third kappa shape index (κ3) is 4.86. The number of hydrogen-bond donors (Lipinski definition) is 1. The number of carbonyl (C=O) groups is 1. The molecule has 0 spiro atoms. The van der Waals surface area contributed by atoms with Crippen molar-refractivity contribution in [2.24, 2.45) is 7.05 Å². The molecule has 2 aromatic carbocycles. The van der Waals surface area contributed by atoms with Crippen LogP contribution < -0.4 is 14.8 Å². The lowest BCUT2D eigenvalue weighted by Gasteiger charge is -2.19. The Kier molecular flexibility index (Phi) is 6.60. The fourth-order valence-electron chi connectivity index (χ4n) is 2.77. The van der Waals surface area contributed by atoms with Gasteiger partial charge in [-0.15, -0.1) is 11.8 Å². The van der Waals surface area contributed by atoms with E-state index in [0.29, 0.717) is 5.75 Å². The van der Waals surface area contributed by atoms with Crippen molar-refractivity contribution in [1.82, 2.24) is 14.9 Å². The molecule has 6 nitrogen and oxygen atoms in total. The van der Waals surface area contributed by atoms with E-state index in [1.807, 2.05) is 66.3 Å². The van der Waals surface area contributed by atoms with Crippen molar-refractivity contribution in [3.05, 3.63) is 72.3 Å². The molecule has 1 N–H and O–H groups in total. The van der Waals surface area contributed by atoms with Crippen LogP contribution in [0.15, 0.2) is 65.8 Å². The summed E-state index contributed by atoms with van der Waals surface area (Å²) >= 11 is 1.48. The molecular formula is C21H23N3O3S. The van der Waals surface area contributed by atoms with Crippen LogP contribution in [0.2, 0.25) is 0 Å². The van der Waals surface area contributed by atoms with Gasteiger partial charge in [-0.05, 0) is 42.0 Å². The van der Waals surface area contributed by atoms with E-state index in [2.05, 4.69) is 10.3 Å². The van der Waals surface area contributed by atoms with Crippen LogP contribution in [0.25, 0.3) is 0 Å². The fraction of sp³-hybridized carbons (Fsp3) is 0.238. The highest BCUT2D eigenvalue weighted by Gasteiger charge is 2.21. The number of carbonyl (C=O) groups excluding carboxylic acids is 1. The van der Waals surface area contributed by atoms with Gasteiger partial charge in [0.15, 0.2) is 0 Å². The molecule has 0 saturated carbocycles. The second-order valence-corrected chi connectivity index (χ2v) is 7.18. The van der Waals surface area contributed by atoms with Crippen LogP contribution >= 0.6 is 11.8 Å². The van der Waals surface area contributed by atoms with Gasteiger partial charge < -0.3 is 19.4 Å². The van der Waals surface area contributed by atoms with Crippen LogP contribution in [-0.2, 0) is 11.8 Å². The van der Waals surface area contributed by atoms with Crippen molar-refractivity contribution in [3.63, 3.8) is 0 Å². The van der Waals surface area contributed by atoms with Crippen LogP contribution in [0.5, 0.6) is 11.5 Å². The zero-order chi connectivity index (χ0) is 19.9. The summed E-state index contributed by atoms with van der Waals surface area (Å²) in [5.74, 6) is 2.58. The quantitative estimate of drug-likeness (QED) is 0.590. The topological polar surface area (TPSA) is 65.4 Å². The molecular weight excluding hydrogens is 374 g/mol. The van der Waals surface area contributed by atoms with Gasteiger partial charge in [-0.1, -0.05) is 12.1 Å². The van der Waals surface area contributed by atoms with Gasteiger partial charge in [0.2, 0.25) is 5.91 Å². The molecule has 0 bridgehead atoms. The number of methoxy groups -OCH3 is 2. The second kappa shape index (κ2) is 9.32. The molecule has 1 atom stereocenters. The highest BCUT2D eigenvalue weighted by atomic mass is 32.2. The van der Waals surface area contributed by atoms with Gasteiger partial charge in [0.25, 0.3) is 0 Å². The number of aryl methyl sites for hydroxylation is 1. The van der Waals surface area contributed by atoms with Gasteiger partial charge in [-0.3, -0.25) is 4.79 Å². The number of nitrogens with one attached hydrogen (secondary N) is 1. The number of thioether (sulfide) groups is 1. The average molecular weight is 398 g/mol. The lowest BCUT2D eigenvalue weighted by atomic mass is 10.1. The Balaban J connectivity index is 1.71. The molecule has 0 aliphatic heterocycles. The van der Waals surface area contributed by atoms with Crippen molar-refractivity contribution in [2.75, 3.05) is 20.0 Å². The predicted molar refractivity (Wildman–Crippen MR) is 110 cm³/mol. The number of ether oxygens (including phenoxy) is 2. The van der Waals surface area contributed by atoms with Crippen molar-refractivity contribution in [2.45, 2.75) is 10.9 Å². The smallest absolute Gasteiger partial charge is 0.231 e. The number of imidazole rings is 1. The maximum absolute atomic E-state index is 12.6. The van der Waals surface area contributed by atoms with Crippen molar-refractivity contribution < 1.29 is 14.3 Å². The molecule has 3 rings (SSSR count). The standard InChI is InChI=1S/C21H23N3O3S/c1-24-13-12-22-21(24)20(15-4-6-16(26-2)7-5-15)23-19(25)14-28-18-10-8-17(27-3)9-11-18/h4-13,20H,14H2,1-3H3,(H,23,25). The van der Waals surface area contributed by atoms with E-state index in [0.717, 1.165) is 27.8 Å². The van der Waals surface area contributed by atoms with E-state index in [1.165, 1.54) is 11.8 Å². The monoisotopic (exact) mass is 397 g/mol. The summed E-state index contributed by atoms with van der Waals surface area (Å²) < 4.78 is 12.3. The molecule has 0 radical (unpaired) electrons. The van der Waals surface area contributed by atoms with Crippen molar-refractivity contribution in [1.29, 1.82) is 0 Å². The van der Waals surface area contributed by atoms with E-state index in [9.17, 15) is 4.79 Å². The third-order valence-electron chi connectivity index (χ3n) is 4.30. The number of hydrogen-bond acceptors (Lipinski definition) is 5. The number of nitrogens with zero attached hydrogens (tertiary/aromatic N) is 2. The summed E-state index contributed by atoms with van der Waals surface area (Å²) in [5, 5.41) is 3.10. The normalized spacial score (nSPS) is 11.7. The number of rotatable bonds is 8. The Hall–Kier alpha value is -2.93. The molecule has 3 aromatic rings. The molecule has 1 unspecified atom stereocenters. The van der Waals surface area contributed by atoms with Crippen LogP contribution in [-0.4, -0.2) is 35.4 Å². The van der Waals surface area contributed by atoms with E-state index < -0.39 is 0 Å².